The molecule has 3 aromatic rings. The van der Waals surface area contributed by atoms with Crippen molar-refractivity contribution in [1.29, 1.82) is 0 Å². The van der Waals surface area contributed by atoms with Gasteiger partial charge in [-0.3, -0.25) is 4.79 Å². The zero-order valence-electron chi connectivity index (χ0n) is 15.1. The topological polar surface area (TPSA) is 85.4 Å². The van der Waals surface area contributed by atoms with Crippen LogP contribution in [0.1, 0.15) is 16.1 Å². The second-order valence-corrected chi connectivity index (χ2v) is 5.66. The van der Waals surface area contributed by atoms with E-state index in [1.807, 2.05) is 48.5 Å². The van der Waals surface area contributed by atoms with E-state index in [1.54, 1.807) is 26.4 Å². The van der Waals surface area contributed by atoms with Gasteiger partial charge in [-0.25, -0.2) is 0 Å². The third-order valence-corrected chi connectivity index (χ3v) is 3.88. The van der Waals surface area contributed by atoms with Gasteiger partial charge in [0, 0.05) is 6.54 Å². The molecule has 0 spiro atoms. The summed E-state index contributed by atoms with van der Waals surface area (Å²) in [5.74, 6) is 1.70. The molecule has 1 amide bonds. The molecule has 0 bridgehead atoms. The molecule has 0 radical (unpaired) electrons. The van der Waals surface area contributed by atoms with E-state index < -0.39 is 0 Å². The maximum Gasteiger partial charge on any atom is 0.272 e. The van der Waals surface area contributed by atoms with Crippen LogP contribution in [0, 0.1) is 0 Å². The fourth-order valence-electron chi connectivity index (χ4n) is 2.42. The number of nitrogens with one attached hydrogen (secondary N) is 2. The van der Waals surface area contributed by atoms with Crippen LogP contribution in [0.5, 0.6) is 11.5 Å². The van der Waals surface area contributed by atoms with Crippen LogP contribution in [-0.2, 0) is 6.54 Å². The first-order chi connectivity index (χ1) is 13.2. The van der Waals surface area contributed by atoms with Crippen molar-refractivity contribution in [3.63, 3.8) is 0 Å². The summed E-state index contributed by atoms with van der Waals surface area (Å²) < 4.78 is 10.4. The standard InChI is InChI=1S/C20H20N4O3/c1-26-15-9-7-14(8-10-15)13-21-20(25)17-11-12-19(24-23-17)22-16-5-3-4-6-18(16)27-2/h3-12H,13H2,1-2H3,(H,21,25)(H,22,24). The lowest BCUT2D eigenvalue weighted by molar-refractivity contribution is 0.0945. The van der Waals surface area contributed by atoms with Crippen LogP contribution >= 0.6 is 0 Å². The third-order valence-electron chi connectivity index (χ3n) is 3.88. The van der Waals surface area contributed by atoms with Crippen LogP contribution in [0.15, 0.2) is 60.7 Å². The van der Waals surface area contributed by atoms with Crippen LogP contribution in [0.25, 0.3) is 0 Å². The molecule has 0 saturated carbocycles. The number of para-hydroxylation sites is 2. The van der Waals surface area contributed by atoms with Crippen molar-refractivity contribution in [2.45, 2.75) is 6.54 Å². The summed E-state index contributed by atoms with van der Waals surface area (Å²) in [6.45, 7) is 0.395. The summed E-state index contributed by atoms with van der Waals surface area (Å²) in [4.78, 5) is 12.2. The monoisotopic (exact) mass is 364 g/mol. The molecule has 2 N–H and O–H groups in total. The molecule has 0 fully saturated rings. The number of anilines is 2. The Morgan fingerprint density at radius 2 is 1.70 bits per heavy atom. The molecule has 0 aliphatic heterocycles. The fraction of sp³-hybridized carbons (Fsp3) is 0.150. The van der Waals surface area contributed by atoms with E-state index >= 15 is 0 Å². The summed E-state index contributed by atoms with van der Waals surface area (Å²) in [7, 11) is 3.21. The first-order valence-corrected chi connectivity index (χ1v) is 8.34. The van der Waals surface area contributed by atoms with E-state index in [4.69, 9.17) is 9.47 Å². The molecule has 0 unspecified atom stereocenters. The Kier molecular flexibility index (Phi) is 5.84. The van der Waals surface area contributed by atoms with Crippen LogP contribution in [-0.4, -0.2) is 30.3 Å². The predicted octanol–water partition coefficient (Wildman–Crippen LogP) is 3.17. The molecule has 1 heterocycles. The number of carbonyl (C=O) groups excluding carboxylic acids is 1. The van der Waals surface area contributed by atoms with Gasteiger partial charge in [-0.2, -0.15) is 0 Å². The second kappa shape index (κ2) is 8.66. The van der Waals surface area contributed by atoms with Crippen molar-refractivity contribution in [3.8, 4) is 11.5 Å². The highest BCUT2D eigenvalue weighted by Gasteiger charge is 2.09. The van der Waals surface area contributed by atoms with Crippen molar-refractivity contribution < 1.29 is 14.3 Å². The number of ether oxygens (including phenoxy) is 2. The highest BCUT2D eigenvalue weighted by Crippen LogP contribution is 2.25. The van der Waals surface area contributed by atoms with Crippen molar-refractivity contribution in [3.05, 3.63) is 71.9 Å². The second-order valence-electron chi connectivity index (χ2n) is 5.66. The predicted molar refractivity (Wildman–Crippen MR) is 102 cm³/mol. The molecule has 138 valence electrons. The van der Waals surface area contributed by atoms with Gasteiger partial charge in [0.15, 0.2) is 11.5 Å². The Morgan fingerprint density at radius 3 is 2.37 bits per heavy atom. The first kappa shape index (κ1) is 18.2. The number of rotatable bonds is 7. The van der Waals surface area contributed by atoms with E-state index in [2.05, 4.69) is 20.8 Å². The third kappa shape index (κ3) is 4.72. The summed E-state index contributed by atoms with van der Waals surface area (Å²) in [6.07, 6.45) is 0. The molecule has 0 aliphatic carbocycles. The van der Waals surface area contributed by atoms with Crippen LogP contribution in [0.4, 0.5) is 11.5 Å². The van der Waals surface area contributed by atoms with Crippen molar-refractivity contribution >= 4 is 17.4 Å². The van der Waals surface area contributed by atoms with Crippen LogP contribution < -0.4 is 20.1 Å². The van der Waals surface area contributed by atoms with Crippen LogP contribution in [0.3, 0.4) is 0 Å². The van der Waals surface area contributed by atoms with Gasteiger partial charge in [-0.15, -0.1) is 10.2 Å². The van der Waals surface area contributed by atoms with Crippen molar-refractivity contribution in [1.82, 2.24) is 15.5 Å². The van der Waals surface area contributed by atoms with Gasteiger partial charge >= 0.3 is 0 Å². The minimum absolute atomic E-state index is 0.245. The average Bonchev–Trinajstić information content (AvgIpc) is 2.73. The zero-order valence-corrected chi connectivity index (χ0v) is 15.1. The molecular formula is C20H20N4O3. The van der Waals surface area contributed by atoms with E-state index in [1.165, 1.54) is 0 Å². The molecular weight excluding hydrogens is 344 g/mol. The number of benzene rings is 2. The van der Waals surface area contributed by atoms with Gasteiger partial charge in [-0.1, -0.05) is 24.3 Å². The lowest BCUT2D eigenvalue weighted by Gasteiger charge is -2.10. The summed E-state index contributed by atoms with van der Waals surface area (Å²) in [5, 5.41) is 14.0. The summed E-state index contributed by atoms with van der Waals surface area (Å²) in [6, 6.07) is 18.3. The van der Waals surface area contributed by atoms with E-state index in [9.17, 15) is 4.79 Å². The van der Waals surface area contributed by atoms with Gasteiger partial charge < -0.3 is 20.1 Å². The molecule has 0 aliphatic rings. The molecule has 7 heteroatoms. The average molecular weight is 364 g/mol. The molecule has 0 saturated heterocycles. The van der Waals surface area contributed by atoms with Crippen molar-refractivity contribution in [2.24, 2.45) is 0 Å². The Bertz CT molecular complexity index is 896. The van der Waals surface area contributed by atoms with E-state index in [0.717, 1.165) is 17.0 Å². The summed E-state index contributed by atoms with van der Waals surface area (Å²) in [5.41, 5.74) is 1.98. The summed E-state index contributed by atoms with van der Waals surface area (Å²) >= 11 is 0. The fourth-order valence-corrected chi connectivity index (χ4v) is 2.42. The largest absolute Gasteiger partial charge is 0.497 e. The number of hydrogen-bond acceptors (Lipinski definition) is 6. The maximum atomic E-state index is 12.2. The Labute approximate surface area is 157 Å². The minimum atomic E-state index is -0.290. The molecule has 1 aromatic heterocycles. The lowest BCUT2D eigenvalue weighted by atomic mass is 10.2. The minimum Gasteiger partial charge on any atom is -0.497 e. The number of nitrogens with zero attached hydrogens (tertiary/aromatic N) is 2. The number of methoxy groups -OCH3 is 2. The number of aromatic nitrogens is 2. The lowest BCUT2D eigenvalue weighted by Crippen LogP contribution is -2.24. The number of amides is 1. The smallest absolute Gasteiger partial charge is 0.272 e. The maximum absolute atomic E-state index is 12.2. The van der Waals surface area contributed by atoms with Crippen molar-refractivity contribution in [2.75, 3.05) is 19.5 Å². The molecule has 7 nitrogen and oxygen atoms in total. The first-order valence-electron chi connectivity index (χ1n) is 8.34. The molecule has 27 heavy (non-hydrogen) atoms. The zero-order chi connectivity index (χ0) is 19.1. The van der Waals surface area contributed by atoms with Gasteiger partial charge in [0.1, 0.15) is 11.5 Å². The van der Waals surface area contributed by atoms with E-state index in [-0.39, 0.29) is 11.6 Å². The molecule has 2 aromatic carbocycles. The number of carbonyl (C=O) groups is 1. The van der Waals surface area contributed by atoms with Gasteiger partial charge in [0.05, 0.1) is 19.9 Å². The molecule has 3 rings (SSSR count). The van der Waals surface area contributed by atoms with E-state index in [0.29, 0.717) is 18.1 Å². The Balaban J connectivity index is 1.59. The van der Waals surface area contributed by atoms with Gasteiger partial charge in [0.2, 0.25) is 0 Å². The normalized spacial score (nSPS) is 10.1. The highest BCUT2D eigenvalue weighted by molar-refractivity contribution is 5.92. The van der Waals surface area contributed by atoms with Gasteiger partial charge in [0.25, 0.3) is 5.91 Å². The van der Waals surface area contributed by atoms with Crippen LogP contribution in [0.2, 0.25) is 0 Å². The SMILES string of the molecule is COc1ccc(CNC(=O)c2ccc(Nc3ccccc3OC)nn2)cc1. The Hall–Kier alpha value is -3.61. The quantitative estimate of drug-likeness (QED) is 0.670. The Morgan fingerprint density at radius 1 is 0.926 bits per heavy atom. The molecule has 0 atom stereocenters. The number of hydrogen-bond donors (Lipinski definition) is 2. The highest BCUT2D eigenvalue weighted by atomic mass is 16.5. The van der Waals surface area contributed by atoms with Gasteiger partial charge in [-0.05, 0) is 42.0 Å².